The van der Waals surface area contributed by atoms with Gasteiger partial charge < -0.3 is 9.47 Å². The SMILES string of the molecule is C=C(C)C[C@H]1OC(=O)N(Cc2ccc(OC)cc2)[C@H]1C. The van der Waals surface area contributed by atoms with Crippen LogP contribution in [-0.2, 0) is 11.3 Å². The Bertz CT molecular complexity index is 495. The third kappa shape index (κ3) is 3.13. The van der Waals surface area contributed by atoms with Crippen LogP contribution in [-0.4, -0.2) is 30.2 Å². The first-order valence-corrected chi connectivity index (χ1v) is 6.76. The van der Waals surface area contributed by atoms with E-state index >= 15 is 0 Å². The Labute approximate surface area is 120 Å². The van der Waals surface area contributed by atoms with E-state index in [9.17, 15) is 4.79 Å². The van der Waals surface area contributed by atoms with Crippen molar-refractivity contribution in [2.24, 2.45) is 0 Å². The minimum absolute atomic E-state index is 0.0568. The zero-order valence-corrected chi connectivity index (χ0v) is 12.3. The predicted octanol–water partition coefficient (Wildman–Crippen LogP) is 3.37. The minimum Gasteiger partial charge on any atom is -0.497 e. The molecule has 2 atom stereocenters. The topological polar surface area (TPSA) is 38.8 Å². The number of rotatable bonds is 5. The summed E-state index contributed by atoms with van der Waals surface area (Å²) >= 11 is 0. The molecule has 0 unspecified atom stereocenters. The van der Waals surface area contributed by atoms with Crippen LogP contribution in [0.3, 0.4) is 0 Å². The van der Waals surface area contributed by atoms with Crippen molar-refractivity contribution in [1.29, 1.82) is 0 Å². The van der Waals surface area contributed by atoms with Crippen LogP contribution in [0.1, 0.15) is 25.8 Å². The number of carbonyl (C=O) groups excluding carboxylic acids is 1. The third-order valence-corrected chi connectivity index (χ3v) is 3.58. The molecule has 1 aliphatic rings. The summed E-state index contributed by atoms with van der Waals surface area (Å²) in [6.07, 6.45) is 0.365. The maximum Gasteiger partial charge on any atom is 0.410 e. The summed E-state index contributed by atoms with van der Waals surface area (Å²) in [5, 5.41) is 0. The van der Waals surface area contributed by atoms with Crippen LogP contribution in [0.25, 0.3) is 0 Å². The number of cyclic esters (lactones) is 1. The van der Waals surface area contributed by atoms with Crippen molar-refractivity contribution in [1.82, 2.24) is 4.90 Å². The molecule has 1 aromatic rings. The van der Waals surface area contributed by atoms with Gasteiger partial charge in [-0.1, -0.05) is 17.7 Å². The van der Waals surface area contributed by atoms with Gasteiger partial charge in [-0.2, -0.15) is 0 Å². The predicted molar refractivity (Wildman–Crippen MR) is 77.7 cm³/mol. The molecule has 4 heteroatoms. The quantitative estimate of drug-likeness (QED) is 0.773. The van der Waals surface area contributed by atoms with E-state index in [0.717, 1.165) is 16.9 Å². The Kier molecular flexibility index (Phi) is 4.32. The number of benzene rings is 1. The van der Waals surface area contributed by atoms with Gasteiger partial charge in [0.1, 0.15) is 11.9 Å². The number of nitrogens with zero attached hydrogens (tertiary/aromatic N) is 1. The van der Waals surface area contributed by atoms with Gasteiger partial charge in [0.15, 0.2) is 0 Å². The Morgan fingerprint density at radius 1 is 1.40 bits per heavy atom. The molecule has 0 N–H and O–H groups in total. The van der Waals surface area contributed by atoms with Crippen LogP contribution in [0.2, 0.25) is 0 Å². The van der Waals surface area contributed by atoms with Gasteiger partial charge in [-0.25, -0.2) is 4.79 Å². The van der Waals surface area contributed by atoms with Crippen LogP contribution >= 0.6 is 0 Å². The second kappa shape index (κ2) is 5.99. The summed E-state index contributed by atoms with van der Waals surface area (Å²) in [5.41, 5.74) is 2.09. The van der Waals surface area contributed by atoms with Gasteiger partial charge in [0.25, 0.3) is 0 Å². The zero-order chi connectivity index (χ0) is 14.7. The maximum atomic E-state index is 12.0. The van der Waals surface area contributed by atoms with Crippen LogP contribution < -0.4 is 4.74 Å². The highest BCUT2D eigenvalue weighted by Crippen LogP contribution is 2.26. The van der Waals surface area contributed by atoms with Gasteiger partial charge in [-0.3, -0.25) is 4.90 Å². The highest BCUT2D eigenvalue weighted by atomic mass is 16.6. The molecule has 20 heavy (non-hydrogen) atoms. The first-order chi connectivity index (χ1) is 9.51. The van der Waals surface area contributed by atoms with Crippen LogP contribution in [0.4, 0.5) is 4.79 Å². The van der Waals surface area contributed by atoms with Crippen molar-refractivity contribution >= 4 is 6.09 Å². The summed E-state index contributed by atoms with van der Waals surface area (Å²) in [7, 11) is 1.64. The Morgan fingerprint density at radius 3 is 2.60 bits per heavy atom. The smallest absolute Gasteiger partial charge is 0.410 e. The molecule has 108 valence electrons. The number of amides is 1. The summed E-state index contributed by atoms with van der Waals surface area (Å²) in [4.78, 5) is 13.7. The number of carbonyl (C=O) groups is 1. The third-order valence-electron chi connectivity index (χ3n) is 3.58. The second-order valence-electron chi connectivity index (χ2n) is 5.30. The lowest BCUT2D eigenvalue weighted by Gasteiger charge is -2.21. The van der Waals surface area contributed by atoms with E-state index in [1.165, 1.54) is 0 Å². The normalized spacial score (nSPS) is 21.8. The average molecular weight is 275 g/mol. The summed E-state index contributed by atoms with van der Waals surface area (Å²) in [6.45, 7) is 8.40. The van der Waals surface area contributed by atoms with E-state index in [1.54, 1.807) is 12.0 Å². The molecule has 4 nitrogen and oxygen atoms in total. The molecule has 1 amide bonds. The fraction of sp³-hybridized carbons (Fsp3) is 0.438. The van der Waals surface area contributed by atoms with Crippen LogP contribution in [0.5, 0.6) is 5.75 Å². The van der Waals surface area contributed by atoms with E-state index in [4.69, 9.17) is 9.47 Å². The van der Waals surface area contributed by atoms with Crippen LogP contribution in [0.15, 0.2) is 36.4 Å². The van der Waals surface area contributed by atoms with Gasteiger partial charge in [-0.15, -0.1) is 6.58 Å². The van der Waals surface area contributed by atoms with Crippen molar-refractivity contribution in [3.63, 3.8) is 0 Å². The monoisotopic (exact) mass is 275 g/mol. The van der Waals surface area contributed by atoms with Crippen molar-refractivity contribution in [3.05, 3.63) is 42.0 Å². The molecule has 0 bridgehead atoms. The van der Waals surface area contributed by atoms with E-state index in [2.05, 4.69) is 6.58 Å². The molecular weight excluding hydrogens is 254 g/mol. The summed E-state index contributed by atoms with van der Waals surface area (Å²) in [5.74, 6) is 0.811. The van der Waals surface area contributed by atoms with Crippen molar-refractivity contribution in [2.45, 2.75) is 39.0 Å². The van der Waals surface area contributed by atoms with Crippen LogP contribution in [0, 0.1) is 0 Å². The molecule has 1 aromatic carbocycles. The summed E-state index contributed by atoms with van der Waals surface area (Å²) in [6, 6.07) is 7.77. The van der Waals surface area contributed by atoms with E-state index < -0.39 is 0 Å². The van der Waals surface area contributed by atoms with Gasteiger partial charge in [0.2, 0.25) is 0 Å². The molecule has 1 saturated heterocycles. The lowest BCUT2D eigenvalue weighted by atomic mass is 10.0. The molecule has 2 rings (SSSR count). The molecule has 1 aliphatic heterocycles. The number of hydrogen-bond donors (Lipinski definition) is 0. The number of methoxy groups -OCH3 is 1. The highest BCUT2D eigenvalue weighted by Gasteiger charge is 2.38. The fourth-order valence-corrected chi connectivity index (χ4v) is 2.35. The lowest BCUT2D eigenvalue weighted by Crippen LogP contribution is -2.33. The molecular formula is C16H21NO3. The lowest BCUT2D eigenvalue weighted by molar-refractivity contribution is 0.130. The van der Waals surface area contributed by atoms with E-state index in [0.29, 0.717) is 13.0 Å². The van der Waals surface area contributed by atoms with E-state index in [1.807, 2.05) is 38.1 Å². The molecule has 0 aromatic heterocycles. The molecule has 0 spiro atoms. The fourth-order valence-electron chi connectivity index (χ4n) is 2.35. The van der Waals surface area contributed by atoms with Gasteiger partial charge in [-0.05, 0) is 31.5 Å². The summed E-state index contributed by atoms with van der Waals surface area (Å²) < 4.78 is 10.5. The van der Waals surface area contributed by atoms with Gasteiger partial charge in [0.05, 0.1) is 13.2 Å². The highest BCUT2D eigenvalue weighted by molar-refractivity contribution is 5.70. The second-order valence-corrected chi connectivity index (χ2v) is 5.30. The number of ether oxygens (including phenoxy) is 2. The van der Waals surface area contributed by atoms with E-state index in [-0.39, 0.29) is 18.2 Å². The Hall–Kier alpha value is -1.97. The molecule has 0 saturated carbocycles. The standard InChI is InChI=1S/C16H21NO3/c1-11(2)9-15-12(3)17(16(18)20-15)10-13-5-7-14(19-4)8-6-13/h5-8,12,15H,1,9-10H2,2-4H3/t12-,15+/m0/s1. The Balaban J connectivity index is 2.04. The Morgan fingerprint density at radius 2 is 2.05 bits per heavy atom. The number of hydrogen-bond acceptors (Lipinski definition) is 3. The first kappa shape index (κ1) is 14.4. The largest absolute Gasteiger partial charge is 0.497 e. The maximum absolute atomic E-state index is 12.0. The zero-order valence-electron chi connectivity index (χ0n) is 12.3. The first-order valence-electron chi connectivity index (χ1n) is 6.76. The molecule has 1 heterocycles. The minimum atomic E-state index is -0.250. The molecule has 0 radical (unpaired) electrons. The van der Waals surface area contributed by atoms with Gasteiger partial charge >= 0.3 is 6.09 Å². The molecule has 1 fully saturated rings. The van der Waals surface area contributed by atoms with Crippen molar-refractivity contribution < 1.29 is 14.3 Å². The van der Waals surface area contributed by atoms with Gasteiger partial charge in [0, 0.05) is 13.0 Å². The molecule has 0 aliphatic carbocycles. The van der Waals surface area contributed by atoms with Crippen molar-refractivity contribution in [2.75, 3.05) is 7.11 Å². The van der Waals surface area contributed by atoms with Crippen molar-refractivity contribution in [3.8, 4) is 5.75 Å². The average Bonchev–Trinajstić information content (AvgIpc) is 2.66.